The van der Waals surface area contributed by atoms with Gasteiger partial charge in [-0.25, -0.2) is 8.42 Å². The van der Waals surface area contributed by atoms with E-state index in [2.05, 4.69) is 0 Å². The van der Waals surface area contributed by atoms with E-state index in [-0.39, 0.29) is 18.3 Å². The zero-order valence-electron chi connectivity index (χ0n) is 10.4. The highest BCUT2D eigenvalue weighted by atomic mass is 32.2. The van der Waals surface area contributed by atoms with Gasteiger partial charge in [0.15, 0.2) is 9.84 Å². The summed E-state index contributed by atoms with van der Waals surface area (Å²) in [4.78, 5) is 13.3. The van der Waals surface area contributed by atoms with Crippen LogP contribution in [-0.2, 0) is 19.4 Å². The van der Waals surface area contributed by atoms with Crippen molar-refractivity contribution in [2.24, 2.45) is 0 Å². The molecule has 0 bridgehead atoms. The largest absolute Gasteiger partial charge is 0.384 e. The van der Waals surface area contributed by atoms with Crippen LogP contribution in [0.15, 0.2) is 0 Å². The molecule has 0 aromatic heterocycles. The Morgan fingerprint density at radius 2 is 1.81 bits per heavy atom. The lowest BCUT2D eigenvalue weighted by Gasteiger charge is -2.22. The summed E-state index contributed by atoms with van der Waals surface area (Å²) in [5, 5.41) is -0.984. The summed E-state index contributed by atoms with van der Waals surface area (Å²) in [7, 11) is -1.97. The molecule has 1 amide bonds. The first-order valence-corrected chi connectivity index (χ1v) is 7.11. The maximum Gasteiger partial charge on any atom is 0.240 e. The number of methoxy groups -OCH3 is 1. The molecule has 0 heterocycles. The van der Waals surface area contributed by atoms with E-state index in [1.165, 1.54) is 18.9 Å². The first kappa shape index (κ1) is 15.4. The summed E-state index contributed by atoms with van der Waals surface area (Å²) in [6.07, 6.45) is 0. The molecule has 6 heteroatoms. The molecule has 0 saturated heterocycles. The summed E-state index contributed by atoms with van der Waals surface area (Å²) < 4.78 is 28.2. The van der Waals surface area contributed by atoms with E-state index in [0.717, 1.165) is 0 Å². The molecule has 1 atom stereocenters. The number of carbonyl (C=O) groups excluding carboxylic acids is 1. The van der Waals surface area contributed by atoms with Crippen LogP contribution in [0.4, 0.5) is 0 Å². The van der Waals surface area contributed by atoms with Crippen molar-refractivity contribution < 1.29 is 17.9 Å². The SMILES string of the molecule is CCN(CC)C(=O)C(C)S(=O)(=O)CCOC. The molecule has 16 heavy (non-hydrogen) atoms. The lowest BCUT2D eigenvalue weighted by molar-refractivity contribution is -0.130. The van der Waals surface area contributed by atoms with Crippen LogP contribution in [0.5, 0.6) is 0 Å². The van der Waals surface area contributed by atoms with Gasteiger partial charge in [0.05, 0.1) is 12.4 Å². The van der Waals surface area contributed by atoms with E-state index >= 15 is 0 Å². The third-order valence-corrected chi connectivity index (χ3v) is 4.55. The Morgan fingerprint density at radius 3 is 2.19 bits per heavy atom. The Morgan fingerprint density at radius 1 is 1.31 bits per heavy atom. The molecule has 1 unspecified atom stereocenters. The summed E-state index contributed by atoms with van der Waals surface area (Å²) in [6, 6.07) is 0. The predicted molar refractivity (Wildman–Crippen MR) is 63.1 cm³/mol. The molecule has 0 aromatic rings. The second-order valence-electron chi connectivity index (χ2n) is 3.51. The molecule has 96 valence electrons. The molecule has 0 rings (SSSR count). The number of hydrogen-bond acceptors (Lipinski definition) is 4. The van der Waals surface area contributed by atoms with Crippen LogP contribution in [0.25, 0.3) is 0 Å². The summed E-state index contributed by atoms with van der Waals surface area (Å²) in [5.41, 5.74) is 0. The van der Waals surface area contributed by atoms with Crippen molar-refractivity contribution in [3.05, 3.63) is 0 Å². The van der Waals surface area contributed by atoms with Crippen LogP contribution in [-0.4, -0.2) is 57.0 Å². The lowest BCUT2D eigenvalue weighted by Crippen LogP contribution is -2.42. The average molecular weight is 251 g/mol. The molecule has 0 N–H and O–H groups in total. The van der Waals surface area contributed by atoms with Gasteiger partial charge in [-0.15, -0.1) is 0 Å². The molecular weight excluding hydrogens is 230 g/mol. The van der Waals surface area contributed by atoms with Crippen LogP contribution in [0.3, 0.4) is 0 Å². The van der Waals surface area contributed by atoms with Crippen molar-refractivity contribution in [2.75, 3.05) is 32.6 Å². The van der Waals surface area contributed by atoms with Crippen LogP contribution in [0.1, 0.15) is 20.8 Å². The Balaban J connectivity index is 4.65. The minimum Gasteiger partial charge on any atom is -0.384 e. The smallest absolute Gasteiger partial charge is 0.240 e. The van der Waals surface area contributed by atoms with Gasteiger partial charge in [-0.3, -0.25) is 4.79 Å². The summed E-state index contributed by atoms with van der Waals surface area (Å²) >= 11 is 0. The normalized spacial score (nSPS) is 13.5. The first-order valence-electron chi connectivity index (χ1n) is 5.40. The number of sulfone groups is 1. The zero-order chi connectivity index (χ0) is 12.8. The Labute approximate surface area is 97.7 Å². The van der Waals surface area contributed by atoms with Gasteiger partial charge < -0.3 is 9.64 Å². The van der Waals surface area contributed by atoms with Crippen molar-refractivity contribution in [2.45, 2.75) is 26.0 Å². The molecule has 0 aliphatic carbocycles. The monoisotopic (exact) mass is 251 g/mol. The van der Waals surface area contributed by atoms with E-state index in [4.69, 9.17) is 4.74 Å². The highest BCUT2D eigenvalue weighted by Crippen LogP contribution is 2.06. The van der Waals surface area contributed by atoms with E-state index in [0.29, 0.717) is 13.1 Å². The maximum absolute atomic E-state index is 11.8. The highest BCUT2D eigenvalue weighted by Gasteiger charge is 2.30. The van der Waals surface area contributed by atoms with Crippen LogP contribution in [0, 0.1) is 0 Å². The van der Waals surface area contributed by atoms with Crippen molar-refractivity contribution in [1.82, 2.24) is 4.90 Å². The van der Waals surface area contributed by atoms with Crippen LogP contribution >= 0.6 is 0 Å². The number of carbonyl (C=O) groups is 1. The topological polar surface area (TPSA) is 63.7 Å². The maximum atomic E-state index is 11.8. The van der Waals surface area contributed by atoms with Crippen LogP contribution in [0.2, 0.25) is 0 Å². The molecular formula is C10H21NO4S. The van der Waals surface area contributed by atoms with Gasteiger partial charge in [-0.2, -0.15) is 0 Å². The molecule has 0 aliphatic rings. The number of amides is 1. The van der Waals surface area contributed by atoms with E-state index < -0.39 is 15.1 Å². The van der Waals surface area contributed by atoms with Gasteiger partial charge in [0, 0.05) is 20.2 Å². The van der Waals surface area contributed by atoms with E-state index in [1.54, 1.807) is 0 Å². The van der Waals surface area contributed by atoms with Crippen molar-refractivity contribution in [3.8, 4) is 0 Å². The van der Waals surface area contributed by atoms with Crippen molar-refractivity contribution >= 4 is 15.7 Å². The van der Waals surface area contributed by atoms with Gasteiger partial charge >= 0.3 is 0 Å². The second kappa shape index (κ2) is 6.85. The molecule has 0 aromatic carbocycles. The fourth-order valence-corrected chi connectivity index (χ4v) is 2.53. The number of rotatable bonds is 7. The average Bonchev–Trinajstić information content (AvgIpc) is 2.26. The minimum atomic E-state index is -3.40. The second-order valence-corrected chi connectivity index (χ2v) is 5.95. The molecule has 0 saturated carbocycles. The van der Waals surface area contributed by atoms with E-state index in [9.17, 15) is 13.2 Å². The Bertz CT molecular complexity index is 309. The molecule has 0 radical (unpaired) electrons. The summed E-state index contributed by atoms with van der Waals surface area (Å²) in [6.45, 7) is 6.27. The summed E-state index contributed by atoms with van der Waals surface area (Å²) in [5.74, 6) is -0.446. The highest BCUT2D eigenvalue weighted by molar-refractivity contribution is 7.92. The zero-order valence-corrected chi connectivity index (χ0v) is 11.2. The number of nitrogens with zero attached hydrogens (tertiary/aromatic N) is 1. The van der Waals surface area contributed by atoms with Gasteiger partial charge in [0.2, 0.25) is 5.91 Å². The van der Waals surface area contributed by atoms with Gasteiger partial charge in [0.1, 0.15) is 5.25 Å². The fraction of sp³-hybridized carbons (Fsp3) is 0.900. The molecule has 0 aliphatic heterocycles. The van der Waals surface area contributed by atoms with Gasteiger partial charge in [-0.05, 0) is 20.8 Å². The fourth-order valence-electron chi connectivity index (χ4n) is 1.32. The molecule has 0 spiro atoms. The third kappa shape index (κ3) is 4.09. The Kier molecular flexibility index (Phi) is 6.59. The minimum absolute atomic E-state index is 0.113. The van der Waals surface area contributed by atoms with Gasteiger partial charge in [0.25, 0.3) is 0 Å². The third-order valence-electron chi connectivity index (χ3n) is 2.53. The van der Waals surface area contributed by atoms with E-state index in [1.807, 2.05) is 13.8 Å². The van der Waals surface area contributed by atoms with Crippen LogP contribution < -0.4 is 0 Å². The van der Waals surface area contributed by atoms with Crippen molar-refractivity contribution in [3.63, 3.8) is 0 Å². The standard InChI is InChI=1S/C10H21NO4S/c1-5-11(6-2)10(12)9(3)16(13,14)8-7-15-4/h9H,5-8H2,1-4H3. The predicted octanol–water partition coefficient (Wildman–Crippen LogP) is 0.305. The quantitative estimate of drug-likeness (QED) is 0.653. The molecule has 0 fully saturated rings. The number of ether oxygens (including phenoxy) is 1. The molecule has 5 nitrogen and oxygen atoms in total. The van der Waals surface area contributed by atoms with Gasteiger partial charge in [-0.1, -0.05) is 0 Å². The Hall–Kier alpha value is -0.620. The number of hydrogen-bond donors (Lipinski definition) is 0. The first-order chi connectivity index (χ1) is 7.40. The van der Waals surface area contributed by atoms with Crippen molar-refractivity contribution in [1.29, 1.82) is 0 Å². The lowest BCUT2D eigenvalue weighted by atomic mass is 10.4.